The van der Waals surface area contributed by atoms with Crippen molar-refractivity contribution in [3.05, 3.63) is 41.8 Å². The van der Waals surface area contributed by atoms with Gasteiger partial charge in [0.25, 0.3) is 11.1 Å². The van der Waals surface area contributed by atoms with Crippen LogP contribution in [0.3, 0.4) is 0 Å². The van der Waals surface area contributed by atoms with Gasteiger partial charge in [-0.25, -0.2) is 0 Å². The maximum absolute atomic E-state index is 13.3. The number of rotatable bonds is 11. The number of aromatic nitrogens is 2. The fourth-order valence-electron chi connectivity index (χ4n) is 5.24. The second-order valence-corrected chi connectivity index (χ2v) is 11.7. The van der Waals surface area contributed by atoms with Crippen LogP contribution in [0.2, 0.25) is 0 Å². The van der Waals surface area contributed by atoms with Crippen LogP contribution in [0.4, 0.5) is 0 Å². The Kier molecular flexibility index (Phi) is 10.3. The third-order valence-corrected chi connectivity index (χ3v) is 8.08. The van der Waals surface area contributed by atoms with Crippen LogP contribution in [0.15, 0.2) is 40.0 Å². The molecule has 4 rings (SSSR count). The molecule has 1 aliphatic carbocycles. The molecule has 3 atom stereocenters. The minimum Gasteiger partial charge on any atom is -0.415 e. The quantitative estimate of drug-likeness (QED) is 0.410. The number of hydrogen-bond donors (Lipinski definition) is 2. The van der Waals surface area contributed by atoms with Crippen molar-refractivity contribution >= 4 is 29.5 Å². The van der Waals surface area contributed by atoms with Gasteiger partial charge in [0.2, 0.25) is 17.7 Å². The first-order chi connectivity index (χ1) is 18.4. The molecule has 2 fully saturated rings. The molecule has 1 saturated carbocycles. The van der Waals surface area contributed by atoms with Crippen LogP contribution in [0, 0.1) is 11.8 Å². The van der Waals surface area contributed by atoms with Gasteiger partial charge in [-0.1, -0.05) is 56.7 Å². The van der Waals surface area contributed by atoms with Gasteiger partial charge in [-0.3, -0.25) is 19.7 Å². The minimum atomic E-state index is -0.708. The van der Waals surface area contributed by atoms with Gasteiger partial charge >= 0.3 is 0 Å². The summed E-state index contributed by atoms with van der Waals surface area (Å²) in [5, 5.41) is 14.4. The third-order valence-electron chi connectivity index (χ3n) is 7.28. The molecule has 2 heterocycles. The van der Waals surface area contributed by atoms with E-state index in [-0.39, 0.29) is 29.7 Å². The number of nitrogens with zero attached hydrogens (tertiary/aromatic N) is 3. The molecule has 10 heteroatoms. The number of carbonyl (C=O) groups excluding carboxylic acids is 3. The van der Waals surface area contributed by atoms with Gasteiger partial charge in [-0.2, -0.15) is 0 Å². The summed E-state index contributed by atoms with van der Waals surface area (Å²) in [6.07, 6.45) is 6.10. The molecule has 1 aliphatic heterocycles. The molecule has 0 spiro atoms. The maximum atomic E-state index is 13.3. The third kappa shape index (κ3) is 7.89. The molecule has 3 amide bonds. The monoisotopic (exact) mass is 541 g/mol. The number of likely N-dealkylation sites (tertiary alicyclic amines) is 1. The summed E-state index contributed by atoms with van der Waals surface area (Å²) in [6.45, 7) is 7.27. The molecule has 1 aromatic heterocycles. The molecule has 2 aromatic rings. The number of carbonyl (C=O) groups is 3. The van der Waals surface area contributed by atoms with Crippen LogP contribution in [-0.4, -0.2) is 64.2 Å². The Morgan fingerprint density at radius 2 is 1.79 bits per heavy atom. The van der Waals surface area contributed by atoms with Crippen molar-refractivity contribution in [3.63, 3.8) is 0 Å². The summed E-state index contributed by atoms with van der Waals surface area (Å²) in [6, 6.07) is 8.64. The van der Waals surface area contributed by atoms with E-state index in [1.807, 2.05) is 32.0 Å². The van der Waals surface area contributed by atoms with E-state index in [0.717, 1.165) is 38.2 Å². The van der Waals surface area contributed by atoms with Crippen LogP contribution in [0.5, 0.6) is 0 Å². The van der Waals surface area contributed by atoms with E-state index < -0.39 is 17.7 Å². The molecule has 206 valence electrons. The van der Waals surface area contributed by atoms with E-state index in [0.29, 0.717) is 30.0 Å². The van der Waals surface area contributed by atoms with Gasteiger partial charge in [0.15, 0.2) is 0 Å². The zero-order valence-corrected chi connectivity index (χ0v) is 23.2. The molecule has 0 bridgehead atoms. The van der Waals surface area contributed by atoms with Gasteiger partial charge in [0.05, 0.1) is 5.92 Å². The molecular weight excluding hydrogens is 502 g/mol. The zero-order chi connectivity index (χ0) is 26.9. The Bertz CT molecular complexity index is 1070. The first-order valence-electron chi connectivity index (χ1n) is 13.8. The summed E-state index contributed by atoms with van der Waals surface area (Å²) in [7, 11) is 0. The van der Waals surface area contributed by atoms with Crippen LogP contribution in [0.1, 0.15) is 81.0 Å². The highest BCUT2D eigenvalue weighted by Crippen LogP contribution is 2.28. The molecule has 2 aliphatic rings. The van der Waals surface area contributed by atoms with Gasteiger partial charge in [0.1, 0.15) is 5.92 Å². The summed E-state index contributed by atoms with van der Waals surface area (Å²) >= 11 is 1.50. The maximum Gasteiger partial charge on any atom is 0.276 e. The Balaban J connectivity index is 1.36. The SMILES string of the molecule is CC(C)CC(C(=O)NC(=O)[C@@H]1CCCC[C@@H]1NC(=O)c1ccccc1)c1nnc(SCCN2CCCC2)o1. The number of hydrogen-bond acceptors (Lipinski definition) is 8. The summed E-state index contributed by atoms with van der Waals surface area (Å²) < 4.78 is 5.88. The molecule has 1 saturated heterocycles. The number of imide groups is 1. The Labute approximate surface area is 228 Å². The first-order valence-corrected chi connectivity index (χ1v) is 14.8. The molecular formula is C28H39N5O4S. The minimum absolute atomic E-state index is 0.187. The van der Waals surface area contributed by atoms with Crippen molar-refractivity contribution in [3.8, 4) is 0 Å². The number of amides is 3. The Morgan fingerprint density at radius 1 is 1.05 bits per heavy atom. The lowest BCUT2D eigenvalue weighted by molar-refractivity contribution is -0.135. The van der Waals surface area contributed by atoms with Crippen molar-refractivity contribution in [1.29, 1.82) is 0 Å². The van der Waals surface area contributed by atoms with Crippen molar-refractivity contribution in [1.82, 2.24) is 25.7 Å². The van der Waals surface area contributed by atoms with E-state index in [2.05, 4.69) is 25.7 Å². The number of thioether (sulfide) groups is 1. The van der Waals surface area contributed by atoms with E-state index in [4.69, 9.17) is 4.42 Å². The highest BCUT2D eigenvalue weighted by atomic mass is 32.2. The van der Waals surface area contributed by atoms with E-state index in [1.165, 1.54) is 24.6 Å². The number of nitrogens with one attached hydrogen (secondary N) is 2. The van der Waals surface area contributed by atoms with Crippen molar-refractivity contribution in [2.45, 2.75) is 76.0 Å². The summed E-state index contributed by atoms with van der Waals surface area (Å²) in [5.74, 6) is -0.906. The summed E-state index contributed by atoms with van der Waals surface area (Å²) in [4.78, 5) is 41.7. The normalized spacial score (nSPS) is 20.8. The van der Waals surface area contributed by atoms with Gasteiger partial charge in [0, 0.05) is 23.9 Å². The average Bonchev–Trinajstić information content (AvgIpc) is 3.60. The zero-order valence-electron chi connectivity index (χ0n) is 22.4. The molecule has 1 aromatic carbocycles. The predicted octanol–water partition coefficient (Wildman–Crippen LogP) is 4.02. The summed E-state index contributed by atoms with van der Waals surface area (Å²) in [5.41, 5.74) is 0.552. The van der Waals surface area contributed by atoms with E-state index in [9.17, 15) is 14.4 Å². The van der Waals surface area contributed by atoms with Crippen LogP contribution < -0.4 is 10.6 Å². The Hall–Kier alpha value is -2.72. The Morgan fingerprint density at radius 3 is 2.53 bits per heavy atom. The lowest BCUT2D eigenvalue weighted by atomic mass is 9.83. The fourth-order valence-corrected chi connectivity index (χ4v) is 6.01. The van der Waals surface area contributed by atoms with Gasteiger partial charge in [-0.15, -0.1) is 10.2 Å². The van der Waals surface area contributed by atoms with E-state index >= 15 is 0 Å². The van der Waals surface area contributed by atoms with E-state index in [1.54, 1.807) is 12.1 Å². The van der Waals surface area contributed by atoms with Crippen LogP contribution >= 0.6 is 11.8 Å². The smallest absolute Gasteiger partial charge is 0.276 e. The highest BCUT2D eigenvalue weighted by molar-refractivity contribution is 7.99. The van der Waals surface area contributed by atoms with Crippen LogP contribution in [0.25, 0.3) is 0 Å². The first kappa shape index (κ1) is 28.3. The molecule has 38 heavy (non-hydrogen) atoms. The number of benzene rings is 1. The van der Waals surface area contributed by atoms with Gasteiger partial charge < -0.3 is 14.6 Å². The van der Waals surface area contributed by atoms with Crippen molar-refractivity contribution in [2.75, 3.05) is 25.4 Å². The average molecular weight is 542 g/mol. The van der Waals surface area contributed by atoms with Crippen molar-refractivity contribution < 1.29 is 18.8 Å². The molecule has 0 radical (unpaired) electrons. The fraction of sp³-hybridized carbons (Fsp3) is 0.607. The largest absolute Gasteiger partial charge is 0.415 e. The van der Waals surface area contributed by atoms with Crippen molar-refractivity contribution in [2.24, 2.45) is 11.8 Å². The lowest BCUT2D eigenvalue weighted by Gasteiger charge is -2.31. The molecule has 9 nitrogen and oxygen atoms in total. The molecule has 1 unspecified atom stereocenters. The van der Waals surface area contributed by atoms with Crippen LogP contribution in [-0.2, 0) is 9.59 Å². The molecule has 2 N–H and O–H groups in total. The second-order valence-electron chi connectivity index (χ2n) is 10.7. The lowest BCUT2D eigenvalue weighted by Crippen LogP contribution is -2.50. The predicted molar refractivity (Wildman–Crippen MR) is 146 cm³/mol. The topological polar surface area (TPSA) is 117 Å². The standard InChI is InChI=1S/C28H39N5O4S/c1-19(2)18-22(27-31-32-28(37-27)38-17-16-33-14-8-9-15-33)26(36)30-25(35)21-12-6-7-13-23(21)29-24(34)20-10-4-3-5-11-20/h3-5,10-11,19,21-23H,6-9,12-18H2,1-2H3,(H,29,34)(H,30,35,36)/t21-,22?,23+/m1/s1. The second kappa shape index (κ2) is 13.9. The highest BCUT2D eigenvalue weighted by Gasteiger charge is 2.35. The van der Waals surface area contributed by atoms with Gasteiger partial charge in [-0.05, 0) is 63.2 Å².